The molecule has 1 amide bonds. The summed E-state index contributed by atoms with van der Waals surface area (Å²) in [5.41, 5.74) is 0. The molecule has 0 aromatic carbocycles. The van der Waals surface area contributed by atoms with E-state index in [-0.39, 0.29) is 5.91 Å². The van der Waals surface area contributed by atoms with Crippen molar-refractivity contribution >= 4 is 5.91 Å². The number of hydrogen-bond acceptors (Lipinski definition) is 3. The van der Waals surface area contributed by atoms with E-state index in [9.17, 15) is 4.79 Å². The lowest BCUT2D eigenvalue weighted by Crippen LogP contribution is -2.43. The van der Waals surface area contributed by atoms with Crippen molar-refractivity contribution in [1.29, 1.82) is 0 Å². The van der Waals surface area contributed by atoms with Crippen LogP contribution in [0.15, 0.2) is 12.4 Å². The Kier molecular flexibility index (Phi) is 5.59. The summed E-state index contributed by atoms with van der Waals surface area (Å²) in [5.74, 6) is 1.56. The first kappa shape index (κ1) is 15.0. The fourth-order valence-corrected chi connectivity index (χ4v) is 2.66. The zero-order chi connectivity index (χ0) is 14.4. The minimum Gasteiger partial charge on any atom is -0.354 e. The fourth-order valence-electron chi connectivity index (χ4n) is 2.66. The Morgan fingerprint density at radius 1 is 1.55 bits per heavy atom. The van der Waals surface area contributed by atoms with Gasteiger partial charge in [0.1, 0.15) is 5.82 Å². The molecule has 0 spiro atoms. The van der Waals surface area contributed by atoms with Gasteiger partial charge in [0, 0.05) is 43.9 Å². The predicted molar refractivity (Wildman–Crippen MR) is 79.6 cm³/mol. The SMILES string of the molecule is CC(C)c1nccn1CCC(=O)NCC1CCCCN1. The maximum Gasteiger partial charge on any atom is 0.221 e. The minimum atomic E-state index is 0.126. The standard InChI is InChI=1S/C15H26N4O/c1-12(2)15-17-8-10-19(15)9-6-14(20)18-11-13-5-3-4-7-16-13/h8,10,12-13,16H,3-7,9,11H2,1-2H3,(H,18,20). The van der Waals surface area contributed by atoms with Crippen LogP contribution < -0.4 is 10.6 Å². The van der Waals surface area contributed by atoms with Crippen LogP contribution >= 0.6 is 0 Å². The summed E-state index contributed by atoms with van der Waals surface area (Å²) in [6.07, 6.45) is 7.95. The van der Waals surface area contributed by atoms with Gasteiger partial charge in [0.05, 0.1) is 0 Å². The highest BCUT2D eigenvalue weighted by molar-refractivity contribution is 5.75. The largest absolute Gasteiger partial charge is 0.354 e. The number of amides is 1. The molecule has 5 heteroatoms. The van der Waals surface area contributed by atoms with Gasteiger partial charge in [-0.15, -0.1) is 0 Å². The van der Waals surface area contributed by atoms with Crippen LogP contribution in [-0.4, -0.2) is 34.6 Å². The van der Waals surface area contributed by atoms with Crippen molar-refractivity contribution < 1.29 is 4.79 Å². The summed E-state index contributed by atoms with van der Waals surface area (Å²) in [7, 11) is 0. The number of imidazole rings is 1. The highest BCUT2D eigenvalue weighted by Crippen LogP contribution is 2.12. The minimum absolute atomic E-state index is 0.126. The Bertz CT molecular complexity index is 421. The zero-order valence-electron chi connectivity index (χ0n) is 12.6. The maximum absolute atomic E-state index is 11.9. The van der Waals surface area contributed by atoms with Gasteiger partial charge in [-0.1, -0.05) is 20.3 Å². The van der Waals surface area contributed by atoms with Crippen LogP contribution in [-0.2, 0) is 11.3 Å². The lowest BCUT2D eigenvalue weighted by atomic mass is 10.1. The Balaban J connectivity index is 1.70. The van der Waals surface area contributed by atoms with E-state index >= 15 is 0 Å². The predicted octanol–water partition coefficient (Wildman–Crippen LogP) is 1.65. The second kappa shape index (κ2) is 7.43. The Labute approximate surface area is 121 Å². The van der Waals surface area contributed by atoms with E-state index in [0.717, 1.165) is 18.9 Å². The van der Waals surface area contributed by atoms with Crippen molar-refractivity contribution in [1.82, 2.24) is 20.2 Å². The van der Waals surface area contributed by atoms with Crippen molar-refractivity contribution in [2.45, 2.75) is 58.0 Å². The highest BCUT2D eigenvalue weighted by Gasteiger charge is 2.13. The molecule has 1 aliphatic heterocycles. The molecule has 20 heavy (non-hydrogen) atoms. The number of carbonyl (C=O) groups is 1. The summed E-state index contributed by atoms with van der Waals surface area (Å²) >= 11 is 0. The Morgan fingerprint density at radius 2 is 2.40 bits per heavy atom. The molecule has 0 saturated carbocycles. The van der Waals surface area contributed by atoms with Crippen LogP contribution in [0.25, 0.3) is 0 Å². The van der Waals surface area contributed by atoms with Crippen LogP contribution in [0.1, 0.15) is 51.3 Å². The quantitative estimate of drug-likeness (QED) is 0.832. The average molecular weight is 278 g/mol. The number of carbonyl (C=O) groups excluding carboxylic acids is 1. The molecule has 0 bridgehead atoms. The molecule has 0 aliphatic carbocycles. The Morgan fingerprint density at radius 3 is 3.10 bits per heavy atom. The molecule has 5 nitrogen and oxygen atoms in total. The van der Waals surface area contributed by atoms with Crippen LogP contribution in [0.5, 0.6) is 0 Å². The second-order valence-electron chi connectivity index (χ2n) is 5.83. The maximum atomic E-state index is 11.9. The van der Waals surface area contributed by atoms with Gasteiger partial charge >= 0.3 is 0 Å². The lowest BCUT2D eigenvalue weighted by Gasteiger charge is -2.23. The molecule has 1 aromatic rings. The van der Waals surface area contributed by atoms with Crippen molar-refractivity contribution in [3.63, 3.8) is 0 Å². The van der Waals surface area contributed by atoms with E-state index in [2.05, 4.69) is 34.0 Å². The molecule has 1 fully saturated rings. The summed E-state index contributed by atoms with van der Waals surface area (Å²) in [4.78, 5) is 16.2. The third-order valence-electron chi connectivity index (χ3n) is 3.80. The number of aryl methyl sites for hydroxylation is 1. The molecule has 1 unspecified atom stereocenters. The molecule has 112 valence electrons. The van der Waals surface area contributed by atoms with E-state index in [1.807, 2.05) is 6.20 Å². The van der Waals surface area contributed by atoms with Crippen LogP contribution in [0, 0.1) is 0 Å². The van der Waals surface area contributed by atoms with Gasteiger partial charge in [-0.2, -0.15) is 0 Å². The molecule has 2 N–H and O–H groups in total. The van der Waals surface area contributed by atoms with Gasteiger partial charge in [-0.3, -0.25) is 4.79 Å². The smallest absolute Gasteiger partial charge is 0.221 e. The van der Waals surface area contributed by atoms with Crippen molar-refractivity contribution in [2.75, 3.05) is 13.1 Å². The third kappa shape index (κ3) is 4.34. The van der Waals surface area contributed by atoms with E-state index < -0.39 is 0 Å². The topological polar surface area (TPSA) is 59.0 Å². The zero-order valence-corrected chi connectivity index (χ0v) is 12.6. The number of piperidine rings is 1. The van der Waals surface area contributed by atoms with Crippen molar-refractivity contribution in [2.24, 2.45) is 0 Å². The number of rotatable bonds is 6. The highest BCUT2D eigenvalue weighted by atomic mass is 16.1. The van der Waals surface area contributed by atoms with Crippen LogP contribution in [0.3, 0.4) is 0 Å². The van der Waals surface area contributed by atoms with E-state index in [0.29, 0.717) is 24.9 Å². The van der Waals surface area contributed by atoms with Gasteiger partial charge < -0.3 is 15.2 Å². The van der Waals surface area contributed by atoms with Gasteiger partial charge in [-0.05, 0) is 19.4 Å². The van der Waals surface area contributed by atoms with Crippen LogP contribution in [0.2, 0.25) is 0 Å². The monoisotopic (exact) mass is 278 g/mol. The first-order valence-corrected chi connectivity index (χ1v) is 7.68. The van der Waals surface area contributed by atoms with Crippen molar-refractivity contribution in [3.8, 4) is 0 Å². The summed E-state index contributed by atoms with van der Waals surface area (Å²) in [6, 6.07) is 0.451. The molecule has 2 heterocycles. The number of aromatic nitrogens is 2. The summed E-state index contributed by atoms with van der Waals surface area (Å²) in [6.45, 7) is 6.77. The lowest BCUT2D eigenvalue weighted by molar-refractivity contribution is -0.121. The molecule has 1 saturated heterocycles. The van der Waals surface area contributed by atoms with Crippen molar-refractivity contribution in [3.05, 3.63) is 18.2 Å². The molecule has 1 atom stereocenters. The summed E-state index contributed by atoms with van der Waals surface area (Å²) < 4.78 is 2.07. The number of hydrogen-bond donors (Lipinski definition) is 2. The molecular formula is C15H26N4O. The molecule has 1 aliphatic rings. The van der Waals surface area contributed by atoms with Gasteiger partial charge in [0.2, 0.25) is 5.91 Å². The molecule has 0 radical (unpaired) electrons. The molecule has 1 aromatic heterocycles. The first-order chi connectivity index (χ1) is 9.66. The van der Waals surface area contributed by atoms with Gasteiger partial charge in [-0.25, -0.2) is 4.98 Å². The van der Waals surface area contributed by atoms with Gasteiger partial charge in [0.15, 0.2) is 0 Å². The van der Waals surface area contributed by atoms with Gasteiger partial charge in [0.25, 0.3) is 0 Å². The number of nitrogens with one attached hydrogen (secondary N) is 2. The van der Waals surface area contributed by atoms with Crippen LogP contribution in [0.4, 0.5) is 0 Å². The Hall–Kier alpha value is -1.36. The van der Waals surface area contributed by atoms with E-state index in [4.69, 9.17) is 0 Å². The molecular weight excluding hydrogens is 252 g/mol. The number of nitrogens with zero attached hydrogens (tertiary/aromatic N) is 2. The third-order valence-corrected chi connectivity index (χ3v) is 3.80. The van der Waals surface area contributed by atoms with E-state index in [1.54, 1.807) is 6.20 Å². The first-order valence-electron chi connectivity index (χ1n) is 7.68. The molecule has 2 rings (SSSR count). The normalized spacial score (nSPS) is 19.2. The fraction of sp³-hybridized carbons (Fsp3) is 0.733. The average Bonchev–Trinajstić information content (AvgIpc) is 2.92. The van der Waals surface area contributed by atoms with E-state index in [1.165, 1.54) is 19.3 Å². The second-order valence-corrected chi connectivity index (χ2v) is 5.83. The summed E-state index contributed by atoms with van der Waals surface area (Å²) in [5, 5.41) is 6.47.